The summed E-state index contributed by atoms with van der Waals surface area (Å²) < 4.78 is 28.6. The predicted molar refractivity (Wildman–Crippen MR) is 108 cm³/mol. The summed E-state index contributed by atoms with van der Waals surface area (Å²) in [6, 6.07) is 8.01. The van der Waals surface area contributed by atoms with E-state index in [1.165, 1.54) is 17.0 Å². The molecule has 4 heterocycles. The van der Waals surface area contributed by atoms with Crippen LogP contribution in [-0.4, -0.2) is 24.1 Å². The van der Waals surface area contributed by atoms with Gasteiger partial charge in [0.15, 0.2) is 5.76 Å². The lowest BCUT2D eigenvalue weighted by molar-refractivity contribution is 0.414. The smallest absolute Gasteiger partial charge is 0.293 e. The third-order valence-electron chi connectivity index (χ3n) is 5.28. The average molecular weight is 407 g/mol. The van der Waals surface area contributed by atoms with Gasteiger partial charge in [-0.1, -0.05) is 18.1 Å². The van der Waals surface area contributed by atoms with Crippen LogP contribution >= 0.6 is 0 Å². The third kappa shape index (κ3) is 2.58. The minimum absolute atomic E-state index is 0.158. The van der Waals surface area contributed by atoms with Gasteiger partial charge in [0.1, 0.15) is 34.6 Å². The molecule has 4 aromatic heterocycles. The van der Waals surface area contributed by atoms with Gasteiger partial charge in [-0.05, 0) is 44.5 Å². The number of rotatable bonds is 4. The zero-order chi connectivity index (χ0) is 21.0. The number of aryl methyl sites for hydroxylation is 1. The van der Waals surface area contributed by atoms with Gasteiger partial charge >= 0.3 is 0 Å². The molecule has 0 aliphatic heterocycles. The Labute approximate surface area is 169 Å². The molecule has 0 bridgehead atoms. The summed E-state index contributed by atoms with van der Waals surface area (Å²) in [5, 5.41) is 3.98. The van der Waals surface area contributed by atoms with Crippen molar-refractivity contribution in [2.24, 2.45) is 0 Å². The Morgan fingerprint density at radius 1 is 1.20 bits per heavy atom. The van der Waals surface area contributed by atoms with Crippen LogP contribution in [0.25, 0.3) is 39.7 Å². The standard InChI is InChI=1S/C21H18FN5O3/c1-4-11(2)27-17-13(22)6-5-7-14(17)26-10-23-16(18(26)21(27)28)19-24-20(30-25-19)15-9-8-12(3)29-15/h5-11H,4H2,1-3H3. The van der Waals surface area contributed by atoms with Crippen LogP contribution in [0.3, 0.4) is 0 Å². The van der Waals surface area contributed by atoms with Crippen LogP contribution in [0, 0.1) is 12.7 Å². The van der Waals surface area contributed by atoms with Gasteiger partial charge in [-0.25, -0.2) is 9.37 Å². The number of para-hydroxylation sites is 1. The fourth-order valence-electron chi connectivity index (χ4n) is 3.62. The van der Waals surface area contributed by atoms with Crippen molar-refractivity contribution in [1.29, 1.82) is 0 Å². The molecule has 5 aromatic rings. The molecule has 0 amide bonds. The fraction of sp³-hybridized carbons (Fsp3) is 0.238. The summed E-state index contributed by atoms with van der Waals surface area (Å²) in [6.45, 7) is 5.64. The summed E-state index contributed by atoms with van der Waals surface area (Å²) in [6.07, 6.45) is 2.13. The van der Waals surface area contributed by atoms with Gasteiger partial charge in [0.25, 0.3) is 11.4 Å². The van der Waals surface area contributed by atoms with E-state index in [-0.39, 0.29) is 40.0 Å². The molecule has 0 saturated carbocycles. The maximum Gasteiger partial charge on any atom is 0.293 e. The topological polar surface area (TPSA) is 91.4 Å². The van der Waals surface area contributed by atoms with Crippen molar-refractivity contribution in [1.82, 2.24) is 24.1 Å². The van der Waals surface area contributed by atoms with E-state index >= 15 is 0 Å². The maximum absolute atomic E-state index is 14.7. The van der Waals surface area contributed by atoms with Gasteiger partial charge in [0, 0.05) is 6.04 Å². The van der Waals surface area contributed by atoms with Gasteiger partial charge in [0.2, 0.25) is 5.82 Å². The van der Waals surface area contributed by atoms with Gasteiger partial charge in [0.05, 0.1) is 5.52 Å². The van der Waals surface area contributed by atoms with E-state index in [0.29, 0.717) is 23.5 Å². The zero-order valence-electron chi connectivity index (χ0n) is 16.6. The van der Waals surface area contributed by atoms with E-state index < -0.39 is 5.82 Å². The van der Waals surface area contributed by atoms with Crippen LogP contribution in [0.1, 0.15) is 32.1 Å². The molecular formula is C21H18FN5O3. The van der Waals surface area contributed by atoms with E-state index in [1.54, 1.807) is 28.7 Å². The number of halogens is 1. The Kier molecular flexibility index (Phi) is 4.05. The molecule has 0 radical (unpaired) electrons. The monoisotopic (exact) mass is 407 g/mol. The largest absolute Gasteiger partial charge is 0.456 e. The Balaban J connectivity index is 1.80. The summed E-state index contributed by atoms with van der Waals surface area (Å²) in [7, 11) is 0. The van der Waals surface area contributed by atoms with Crippen LogP contribution in [0.5, 0.6) is 0 Å². The number of fused-ring (bicyclic) bond motifs is 3. The number of aromatic nitrogens is 5. The number of benzene rings is 1. The number of imidazole rings is 1. The quantitative estimate of drug-likeness (QED) is 0.439. The van der Waals surface area contributed by atoms with Crippen molar-refractivity contribution in [3.05, 3.63) is 58.6 Å². The zero-order valence-corrected chi connectivity index (χ0v) is 16.6. The van der Waals surface area contributed by atoms with E-state index in [2.05, 4.69) is 15.1 Å². The highest BCUT2D eigenvalue weighted by atomic mass is 19.1. The Morgan fingerprint density at radius 3 is 2.77 bits per heavy atom. The number of hydrogen-bond acceptors (Lipinski definition) is 6. The van der Waals surface area contributed by atoms with Crippen molar-refractivity contribution >= 4 is 16.6 Å². The predicted octanol–water partition coefficient (Wildman–Crippen LogP) is 4.38. The number of furan rings is 1. The summed E-state index contributed by atoms with van der Waals surface area (Å²) in [4.78, 5) is 22.2. The molecule has 5 rings (SSSR count). The molecule has 9 heteroatoms. The van der Waals surface area contributed by atoms with Gasteiger partial charge in [-0.2, -0.15) is 4.98 Å². The number of nitrogens with zero attached hydrogens (tertiary/aromatic N) is 5. The molecule has 1 aromatic carbocycles. The molecule has 1 atom stereocenters. The van der Waals surface area contributed by atoms with Crippen LogP contribution in [0.15, 0.2) is 50.4 Å². The summed E-state index contributed by atoms with van der Waals surface area (Å²) in [5.41, 5.74) is 0.940. The lowest BCUT2D eigenvalue weighted by atomic mass is 10.2. The molecule has 0 aliphatic carbocycles. The molecule has 0 saturated heterocycles. The minimum atomic E-state index is -0.461. The van der Waals surface area contributed by atoms with E-state index in [1.807, 2.05) is 20.8 Å². The van der Waals surface area contributed by atoms with Crippen molar-refractivity contribution in [2.75, 3.05) is 0 Å². The third-order valence-corrected chi connectivity index (χ3v) is 5.28. The second kappa shape index (κ2) is 6.65. The van der Waals surface area contributed by atoms with Crippen LogP contribution in [0.2, 0.25) is 0 Å². The van der Waals surface area contributed by atoms with Crippen molar-refractivity contribution in [3.63, 3.8) is 0 Å². The highest BCUT2D eigenvalue weighted by Gasteiger charge is 2.24. The Morgan fingerprint density at radius 2 is 2.03 bits per heavy atom. The first-order valence-corrected chi connectivity index (χ1v) is 9.60. The first kappa shape index (κ1) is 18.3. The first-order chi connectivity index (χ1) is 14.5. The molecule has 0 fully saturated rings. The second-order valence-electron chi connectivity index (χ2n) is 7.19. The van der Waals surface area contributed by atoms with Crippen LogP contribution < -0.4 is 5.56 Å². The fourth-order valence-corrected chi connectivity index (χ4v) is 3.62. The number of hydrogen-bond donors (Lipinski definition) is 0. The second-order valence-corrected chi connectivity index (χ2v) is 7.19. The van der Waals surface area contributed by atoms with Crippen LogP contribution in [0.4, 0.5) is 4.39 Å². The molecular weight excluding hydrogens is 389 g/mol. The Hall–Kier alpha value is -3.75. The molecule has 0 N–H and O–H groups in total. The van der Waals surface area contributed by atoms with Crippen LogP contribution in [-0.2, 0) is 0 Å². The highest BCUT2D eigenvalue weighted by Crippen LogP contribution is 2.28. The van der Waals surface area contributed by atoms with E-state index in [9.17, 15) is 9.18 Å². The average Bonchev–Trinajstić information content (AvgIpc) is 3.47. The van der Waals surface area contributed by atoms with Gasteiger partial charge < -0.3 is 8.94 Å². The Bertz CT molecular complexity index is 1460. The lowest BCUT2D eigenvalue weighted by Gasteiger charge is -2.18. The molecule has 152 valence electrons. The molecule has 0 aliphatic rings. The normalized spacial score (nSPS) is 12.8. The molecule has 0 spiro atoms. The molecule has 1 unspecified atom stereocenters. The molecule has 8 nitrogen and oxygen atoms in total. The van der Waals surface area contributed by atoms with E-state index in [0.717, 1.165) is 0 Å². The summed E-state index contributed by atoms with van der Waals surface area (Å²) >= 11 is 0. The van der Waals surface area contributed by atoms with E-state index in [4.69, 9.17) is 8.94 Å². The molecule has 30 heavy (non-hydrogen) atoms. The first-order valence-electron chi connectivity index (χ1n) is 9.60. The van der Waals surface area contributed by atoms with Crippen molar-refractivity contribution < 1.29 is 13.3 Å². The SMILES string of the molecule is CCC(C)n1c(=O)c2c(-c3noc(-c4ccc(C)o4)n3)ncn2c2cccc(F)c21. The lowest BCUT2D eigenvalue weighted by Crippen LogP contribution is -2.26. The maximum atomic E-state index is 14.7. The van der Waals surface area contributed by atoms with Crippen molar-refractivity contribution in [3.8, 4) is 23.2 Å². The van der Waals surface area contributed by atoms with Gasteiger partial charge in [-0.3, -0.25) is 13.8 Å². The minimum Gasteiger partial charge on any atom is -0.456 e. The summed E-state index contributed by atoms with van der Waals surface area (Å²) in [5.74, 6) is 1.02. The van der Waals surface area contributed by atoms with Gasteiger partial charge in [-0.15, -0.1) is 0 Å². The highest BCUT2D eigenvalue weighted by molar-refractivity contribution is 5.84. The van der Waals surface area contributed by atoms with Crippen molar-refractivity contribution in [2.45, 2.75) is 33.2 Å².